The zero-order valence-electron chi connectivity index (χ0n) is 9.50. The Bertz CT molecular complexity index is 427. The smallest absolute Gasteiger partial charge is 0.491 e. The van der Waals surface area contributed by atoms with Crippen molar-refractivity contribution in [1.29, 1.82) is 0 Å². The molecule has 0 unspecified atom stereocenters. The predicted octanol–water partition coefficient (Wildman–Crippen LogP) is 2.60. The Balaban J connectivity index is 2.05. The van der Waals surface area contributed by atoms with Crippen molar-refractivity contribution < 1.29 is 17.1 Å². The molecule has 0 amide bonds. The molecule has 0 saturated heterocycles. The maximum Gasteiger partial charge on any atom is 0.491 e. The quantitative estimate of drug-likeness (QED) is 0.620. The van der Waals surface area contributed by atoms with Gasteiger partial charge in [0.2, 0.25) is 0 Å². The van der Waals surface area contributed by atoms with E-state index in [1.807, 2.05) is 0 Å². The van der Waals surface area contributed by atoms with Crippen LogP contribution in [0, 0.1) is 0 Å². The minimum absolute atomic E-state index is 0.442. The number of para-hydroxylation sites is 2. The fourth-order valence-electron chi connectivity index (χ4n) is 1.39. The summed E-state index contributed by atoms with van der Waals surface area (Å²) in [5.74, 6) is 0.885. The minimum Gasteiger partial charge on any atom is -0.513 e. The fourth-order valence-corrected chi connectivity index (χ4v) is 4.06. The highest BCUT2D eigenvalue weighted by molar-refractivity contribution is 7.10. The topological polar surface area (TPSA) is 18.5 Å². The average Bonchev–Trinajstić information content (AvgIpc) is 2.40. The molecule has 0 bridgehead atoms. The predicted molar refractivity (Wildman–Crippen MR) is 70.7 cm³/mol. The Hall–Kier alpha value is -1.67. The van der Waals surface area contributed by atoms with E-state index in [1.54, 1.807) is 60.7 Å². The highest BCUT2D eigenvalue weighted by Crippen LogP contribution is 2.15. The fraction of sp³-hybridized carbons (Fsp3) is 0. The molecule has 2 rings (SSSR count). The van der Waals surface area contributed by atoms with Gasteiger partial charge in [0, 0.05) is 0 Å². The van der Waals surface area contributed by atoms with Gasteiger partial charge in [-0.25, -0.2) is 0 Å². The number of hydrogen-bond acceptors (Lipinski definition) is 2. The van der Waals surface area contributed by atoms with Gasteiger partial charge in [0.25, 0.3) is 0 Å². The lowest BCUT2D eigenvalue weighted by Crippen LogP contribution is -2.41. The first kappa shape index (κ1) is 12.8. The Kier molecular flexibility index (Phi) is 4.49. The first-order valence-corrected chi connectivity index (χ1v) is 9.95. The zero-order valence-corrected chi connectivity index (χ0v) is 11.8. The molecule has 0 atom stereocenters. The zero-order chi connectivity index (χ0) is 12.8. The Morgan fingerprint density at radius 3 is 1.39 bits per heavy atom. The van der Waals surface area contributed by atoms with Gasteiger partial charge in [-0.05, 0) is 24.3 Å². The number of hydrogen-bond donors (Lipinski definition) is 0. The Morgan fingerprint density at radius 2 is 1.06 bits per heavy atom. The van der Waals surface area contributed by atoms with E-state index in [-0.39, 0.29) is 0 Å². The third-order valence-corrected chi connectivity index (χ3v) is 5.67. The minimum atomic E-state index is -3.93. The molecule has 0 aliphatic carbocycles. The van der Waals surface area contributed by atoms with Crippen LogP contribution < -0.4 is 8.85 Å². The molecule has 0 aromatic heterocycles. The van der Waals surface area contributed by atoms with E-state index in [0.717, 1.165) is 0 Å². The molecule has 0 spiro atoms. The van der Waals surface area contributed by atoms with Crippen molar-refractivity contribution in [3.63, 3.8) is 0 Å². The van der Waals surface area contributed by atoms with Gasteiger partial charge in [0.15, 0.2) is 0 Å². The summed E-state index contributed by atoms with van der Waals surface area (Å²) in [5, 5.41) is 0. The molecule has 0 saturated carbocycles. The van der Waals surface area contributed by atoms with E-state index < -0.39 is 17.8 Å². The summed E-state index contributed by atoms with van der Waals surface area (Å²) in [4.78, 5) is 0. The van der Waals surface area contributed by atoms with E-state index in [1.165, 1.54) is 0 Å². The van der Waals surface area contributed by atoms with Gasteiger partial charge in [-0.15, -0.1) is 0 Å². The summed E-state index contributed by atoms with van der Waals surface area (Å²) in [6, 6.07) is 17.2. The molecule has 0 aliphatic rings. The van der Waals surface area contributed by atoms with Crippen LogP contribution in [-0.4, -0.2) is 17.8 Å². The molecule has 2 nitrogen and oxygen atoms in total. The SMILES string of the molecule is F[SiH](F)[SiH](Oc1ccccc1)Oc1ccccc1. The van der Waals surface area contributed by atoms with Crippen LogP contribution in [0.1, 0.15) is 0 Å². The normalized spacial score (nSPS) is 10.7. The average molecular weight is 282 g/mol. The van der Waals surface area contributed by atoms with Crippen LogP contribution in [0.5, 0.6) is 11.5 Å². The molecule has 2 aromatic carbocycles. The molecular weight excluding hydrogens is 270 g/mol. The van der Waals surface area contributed by atoms with Gasteiger partial charge >= 0.3 is 17.8 Å². The first-order valence-electron chi connectivity index (χ1n) is 5.47. The van der Waals surface area contributed by atoms with Gasteiger partial charge in [0.1, 0.15) is 11.5 Å². The van der Waals surface area contributed by atoms with E-state index in [9.17, 15) is 8.22 Å². The van der Waals surface area contributed by atoms with Crippen LogP contribution >= 0.6 is 0 Å². The van der Waals surface area contributed by atoms with Crippen LogP contribution in [0.2, 0.25) is 0 Å². The van der Waals surface area contributed by atoms with Crippen LogP contribution in [0.25, 0.3) is 0 Å². The molecule has 94 valence electrons. The van der Waals surface area contributed by atoms with Gasteiger partial charge in [-0.3, -0.25) is 8.22 Å². The van der Waals surface area contributed by atoms with E-state index in [2.05, 4.69) is 0 Å². The van der Waals surface area contributed by atoms with Crippen LogP contribution in [0.15, 0.2) is 60.7 Å². The molecule has 2 aromatic rings. The standard InChI is InChI=1S/C12H12F2O2Si2/c13-17(14)18(15-11-7-3-1-4-8-11)16-12-9-5-2-6-10-12/h1-10,17-18H. The molecule has 6 heteroatoms. The highest BCUT2D eigenvalue weighted by atomic mass is 29.3. The third kappa shape index (κ3) is 3.67. The lowest BCUT2D eigenvalue weighted by atomic mass is 10.3. The van der Waals surface area contributed by atoms with Gasteiger partial charge in [-0.1, -0.05) is 36.4 Å². The second kappa shape index (κ2) is 6.32. The van der Waals surface area contributed by atoms with Crippen LogP contribution in [0.3, 0.4) is 0 Å². The summed E-state index contributed by atoms with van der Waals surface area (Å²) in [6.45, 7) is 0. The maximum absolute atomic E-state index is 13.0. The van der Waals surface area contributed by atoms with E-state index in [4.69, 9.17) is 8.85 Å². The summed E-state index contributed by atoms with van der Waals surface area (Å²) in [5.41, 5.74) is 0. The Morgan fingerprint density at radius 1 is 0.667 bits per heavy atom. The lowest BCUT2D eigenvalue weighted by molar-refractivity contribution is 0.432. The van der Waals surface area contributed by atoms with Crippen LogP contribution in [-0.2, 0) is 0 Å². The molecule has 18 heavy (non-hydrogen) atoms. The van der Waals surface area contributed by atoms with Crippen molar-refractivity contribution in [2.75, 3.05) is 0 Å². The number of halogens is 2. The van der Waals surface area contributed by atoms with Gasteiger partial charge in [-0.2, -0.15) is 0 Å². The number of benzene rings is 2. The molecular formula is C12H12F2O2Si2. The monoisotopic (exact) mass is 282 g/mol. The molecule has 0 aliphatic heterocycles. The summed E-state index contributed by atoms with van der Waals surface area (Å²) < 4.78 is 36.7. The van der Waals surface area contributed by atoms with Crippen molar-refractivity contribution in [3.05, 3.63) is 60.7 Å². The van der Waals surface area contributed by atoms with Gasteiger partial charge in [0.05, 0.1) is 0 Å². The van der Waals surface area contributed by atoms with E-state index in [0.29, 0.717) is 11.5 Å². The Labute approximate surface area is 107 Å². The summed E-state index contributed by atoms with van der Waals surface area (Å²) in [7, 11) is -6.89. The second-order valence-corrected chi connectivity index (χ2v) is 8.59. The molecule has 0 radical (unpaired) electrons. The number of rotatable bonds is 5. The molecule has 0 N–H and O–H groups in total. The van der Waals surface area contributed by atoms with Crippen molar-refractivity contribution in [2.45, 2.75) is 0 Å². The molecule has 0 heterocycles. The van der Waals surface area contributed by atoms with E-state index >= 15 is 0 Å². The summed E-state index contributed by atoms with van der Waals surface area (Å²) in [6.07, 6.45) is 0. The van der Waals surface area contributed by atoms with Crippen molar-refractivity contribution in [2.24, 2.45) is 0 Å². The maximum atomic E-state index is 13.0. The first-order chi connectivity index (χ1) is 8.75. The van der Waals surface area contributed by atoms with Gasteiger partial charge < -0.3 is 8.85 Å². The lowest BCUT2D eigenvalue weighted by Gasteiger charge is -2.17. The van der Waals surface area contributed by atoms with Crippen LogP contribution in [0.4, 0.5) is 8.22 Å². The second-order valence-electron chi connectivity index (χ2n) is 3.56. The van der Waals surface area contributed by atoms with Crippen molar-refractivity contribution >= 4 is 17.8 Å². The molecule has 0 fully saturated rings. The van der Waals surface area contributed by atoms with Crippen molar-refractivity contribution in [1.82, 2.24) is 0 Å². The third-order valence-electron chi connectivity index (χ3n) is 2.20. The summed E-state index contributed by atoms with van der Waals surface area (Å²) >= 11 is 0. The largest absolute Gasteiger partial charge is 0.513 e. The van der Waals surface area contributed by atoms with Crippen molar-refractivity contribution in [3.8, 4) is 11.5 Å². The highest BCUT2D eigenvalue weighted by Gasteiger charge is 2.33.